The predicted molar refractivity (Wildman–Crippen MR) is 107 cm³/mol. The molecule has 1 aromatic heterocycles. The zero-order valence-corrected chi connectivity index (χ0v) is 17.2. The second-order valence-electron chi connectivity index (χ2n) is 7.73. The Morgan fingerprint density at radius 3 is 2.96 bits per heavy atom. The third-order valence-corrected chi connectivity index (χ3v) is 5.61. The molecule has 2 aromatic rings. The first-order chi connectivity index (χ1) is 13.3. The van der Waals surface area contributed by atoms with Crippen LogP contribution in [0.3, 0.4) is 0 Å². The zero-order valence-electron chi connectivity index (χ0n) is 16.4. The molecule has 2 atom stereocenters. The van der Waals surface area contributed by atoms with E-state index in [1.807, 2.05) is 45.0 Å². The molecule has 1 amide bonds. The lowest BCUT2D eigenvalue weighted by atomic mass is 9.79. The van der Waals surface area contributed by atoms with Crippen LogP contribution in [0.25, 0.3) is 0 Å². The molecule has 0 bridgehead atoms. The molecule has 148 valence electrons. The van der Waals surface area contributed by atoms with E-state index in [1.165, 1.54) is 6.39 Å². The Hall–Kier alpha value is -2.36. The highest BCUT2D eigenvalue weighted by molar-refractivity contribution is 6.30. The number of likely N-dealkylation sites (tertiary alicyclic amines) is 1. The van der Waals surface area contributed by atoms with E-state index in [9.17, 15) is 10.1 Å². The van der Waals surface area contributed by atoms with Crippen LogP contribution in [-0.2, 0) is 4.79 Å². The minimum absolute atomic E-state index is 0.0566. The van der Waals surface area contributed by atoms with Crippen LogP contribution in [0.15, 0.2) is 35.1 Å². The van der Waals surface area contributed by atoms with E-state index in [4.69, 9.17) is 16.0 Å². The van der Waals surface area contributed by atoms with Crippen molar-refractivity contribution in [3.8, 4) is 6.07 Å². The monoisotopic (exact) mass is 400 g/mol. The molecular weight excluding hydrogens is 376 g/mol. The van der Waals surface area contributed by atoms with Crippen LogP contribution in [-0.4, -0.2) is 40.5 Å². The number of aromatic nitrogens is 1. The summed E-state index contributed by atoms with van der Waals surface area (Å²) in [5.74, 6) is 0.511. The van der Waals surface area contributed by atoms with Gasteiger partial charge in [-0.1, -0.05) is 23.7 Å². The number of carbonyl (C=O) groups excluding carboxylic acids is 1. The fourth-order valence-electron chi connectivity index (χ4n) is 3.90. The van der Waals surface area contributed by atoms with Crippen molar-refractivity contribution in [2.75, 3.05) is 13.1 Å². The van der Waals surface area contributed by atoms with Crippen molar-refractivity contribution in [3.63, 3.8) is 0 Å². The number of nitriles is 1. The summed E-state index contributed by atoms with van der Waals surface area (Å²) < 4.78 is 5.44. The average molecular weight is 401 g/mol. The molecule has 6 nitrogen and oxygen atoms in total. The van der Waals surface area contributed by atoms with E-state index >= 15 is 0 Å². The number of halogens is 1. The molecule has 2 heterocycles. The van der Waals surface area contributed by atoms with Gasteiger partial charge in [0.2, 0.25) is 5.91 Å². The highest BCUT2D eigenvalue weighted by Crippen LogP contribution is 2.36. The molecule has 0 radical (unpaired) electrons. The molecule has 1 fully saturated rings. The van der Waals surface area contributed by atoms with Crippen LogP contribution >= 0.6 is 11.6 Å². The molecule has 28 heavy (non-hydrogen) atoms. The highest BCUT2D eigenvalue weighted by Gasteiger charge is 2.37. The quantitative estimate of drug-likeness (QED) is 0.800. The molecule has 1 aromatic carbocycles. The molecule has 1 N–H and O–H groups in total. The van der Waals surface area contributed by atoms with Crippen molar-refractivity contribution in [1.29, 1.82) is 5.26 Å². The predicted octanol–water partition coefficient (Wildman–Crippen LogP) is 3.65. The van der Waals surface area contributed by atoms with Gasteiger partial charge in [0.25, 0.3) is 0 Å². The summed E-state index contributed by atoms with van der Waals surface area (Å²) in [7, 11) is 0. The molecule has 1 unspecified atom stereocenters. The maximum atomic E-state index is 12.7. The van der Waals surface area contributed by atoms with Crippen LogP contribution in [0.1, 0.15) is 49.6 Å². The molecule has 1 aliphatic heterocycles. The number of oxazole rings is 1. The third kappa shape index (κ3) is 4.21. The van der Waals surface area contributed by atoms with Crippen molar-refractivity contribution < 1.29 is 9.21 Å². The number of nitrogens with zero attached hydrogens (tertiary/aromatic N) is 3. The molecule has 0 spiro atoms. The third-order valence-electron chi connectivity index (χ3n) is 5.38. The summed E-state index contributed by atoms with van der Waals surface area (Å²) in [4.78, 5) is 18.8. The maximum absolute atomic E-state index is 12.7. The van der Waals surface area contributed by atoms with Crippen LogP contribution in [0.4, 0.5) is 0 Å². The number of rotatable bonds is 6. The zero-order chi connectivity index (χ0) is 20.3. The molecular formula is C21H25ClN4O2. The average Bonchev–Trinajstić information content (AvgIpc) is 3.29. The van der Waals surface area contributed by atoms with Crippen molar-refractivity contribution in [3.05, 3.63) is 52.7 Å². The van der Waals surface area contributed by atoms with Crippen molar-refractivity contribution in [1.82, 2.24) is 15.2 Å². The van der Waals surface area contributed by atoms with Crippen LogP contribution in [0.5, 0.6) is 0 Å². The lowest BCUT2D eigenvalue weighted by Crippen LogP contribution is -2.50. The number of amides is 1. The SMILES string of the molecule is Cc1ocnc1C(c1cccc(Cl)c1)C(C)(C)NCC(=O)N1CCC[C@H]1C#N. The van der Waals surface area contributed by atoms with Gasteiger partial charge in [0.05, 0.1) is 18.3 Å². The summed E-state index contributed by atoms with van der Waals surface area (Å²) in [5, 5.41) is 13.3. The Kier molecular flexibility index (Phi) is 6.07. The fraction of sp³-hybridized carbons (Fsp3) is 0.476. The standard InChI is InChI=1S/C21H25ClN4O2/c1-14-20(24-13-28-14)19(15-6-4-7-16(22)10-15)21(2,3)25-12-18(27)26-9-5-8-17(26)11-23/h4,6-7,10,13,17,19,25H,5,8-9,12H2,1-3H3/t17-,19?/m0/s1. The van der Waals surface area contributed by atoms with Crippen LogP contribution < -0.4 is 5.32 Å². The van der Waals surface area contributed by atoms with Crippen LogP contribution in [0, 0.1) is 18.3 Å². The van der Waals surface area contributed by atoms with Gasteiger partial charge in [-0.2, -0.15) is 5.26 Å². The number of benzene rings is 1. The number of carbonyl (C=O) groups is 1. The van der Waals surface area contributed by atoms with Crippen molar-refractivity contribution >= 4 is 17.5 Å². The number of nitrogens with one attached hydrogen (secondary N) is 1. The van der Waals surface area contributed by atoms with Gasteiger partial charge in [-0.05, 0) is 51.3 Å². The van der Waals surface area contributed by atoms with Crippen molar-refractivity contribution in [2.45, 2.75) is 51.1 Å². The molecule has 1 aliphatic rings. The minimum Gasteiger partial charge on any atom is -0.448 e. The van der Waals surface area contributed by atoms with Gasteiger partial charge in [-0.15, -0.1) is 0 Å². The number of hydrogen-bond donors (Lipinski definition) is 1. The van der Waals surface area contributed by atoms with E-state index in [-0.39, 0.29) is 24.4 Å². The van der Waals surface area contributed by atoms with Gasteiger partial charge in [0, 0.05) is 23.0 Å². The second kappa shape index (κ2) is 8.34. The van der Waals surface area contributed by atoms with Crippen LogP contribution in [0.2, 0.25) is 5.02 Å². The van der Waals surface area contributed by atoms with E-state index in [2.05, 4.69) is 16.4 Å². The molecule has 0 aliphatic carbocycles. The van der Waals surface area contributed by atoms with Gasteiger partial charge in [0.15, 0.2) is 6.39 Å². The maximum Gasteiger partial charge on any atom is 0.237 e. The summed E-state index contributed by atoms with van der Waals surface area (Å²) >= 11 is 6.23. The van der Waals surface area contributed by atoms with E-state index in [0.717, 1.165) is 29.9 Å². The summed E-state index contributed by atoms with van der Waals surface area (Å²) in [6.45, 7) is 6.73. The smallest absolute Gasteiger partial charge is 0.237 e. The first-order valence-corrected chi connectivity index (χ1v) is 9.81. The molecule has 1 saturated heterocycles. The lowest BCUT2D eigenvalue weighted by Gasteiger charge is -2.35. The first kappa shape index (κ1) is 20.4. The second-order valence-corrected chi connectivity index (χ2v) is 8.17. The van der Waals surface area contributed by atoms with Gasteiger partial charge < -0.3 is 14.6 Å². The lowest BCUT2D eigenvalue weighted by molar-refractivity contribution is -0.130. The minimum atomic E-state index is -0.510. The Bertz CT molecular complexity index is 887. The highest BCUT2D eigenvalue weighted by atomic mass is 35.5. The normalized spacial score (nSPS) is 18.1. The van der Waals surface area contributed by atoms with Gasteiger partial charge in [0.1, 0.15) is 11.8 Å². The molecule has 7 heteroatoms. The largest absolute Gasteiger partial charge is 0.448 e. The summed E-state index contributed by atoms with van der Waals surface area (Å²) in [6.07, 6.45) is 3.05. The Labute approximate surface area is 170 Å². The van der Waals surface area contributed by atoms with E-state index < -0.39 is 5.54 Å². The Morgan fingerprint density at radius 1 is 1.54 bits per heavy atom. The fourth-order valence-corrected chi connectivity index (χ4v) is 4.10. The number of aryl methyl sites for hydroxylation is 1. The Morgan fingerprint density at radius 2 is 2.32 bits per heavy atom. The van der Waals surface area contributed by atoms with Gasteiger partial charge >= 0.3 is 0 Å². The van der Waals surface area contributed by atoms with Gasteiger partial charge in [-0.25, -0.2) is 4.98 Å². The topological polar surface area (TPSA) is 82.2 Å². The number of hydrogen-bond acceptors (Lipinski definition) is 5. The molecule has 3 rings (SSSR count). The summed E-state index contributed by atoms with van der Waals surface area (Å²) in [5.41, 5.74) is 1.29. The van der Waals surface area contributed by atoms with E-state index in [1.54, 1.807) is 4.90 Å². The Balaban J connectivity index is 1.84. The first-order valence-electron chi connectivity index (χ1n) is 9.43. The van der Waals surface area contributed by atoms with Gasteiger partial charge in [-0.3, -0.25) is 4.79 Å². The molecule has 0 saturated carbocycles. The van der Waals surface area contributed by atoms with E-state index in [0.29, 0.717) is 11.6 Å². The van der Waals surface area contributed by atoms with Crippen molar-refractivity contribution in [2.24, 2.45) is 0 Å². The summed E-state index contributed by atoms with van der Waals surface area (Å²) in [6, 6.07) is 9.55.